The van der Waals surface area contributed by atoms with Crippen molar-refractivity contribution in [2.75, 3.05) is 0 Å². The number of carboxylic acid groups (broad SMARTS) is 1. The molecular weight excluding hydrogens is 352 g/mol. The summed E-state index contributed by atoms with van der Waals surface area (Å²) < 4.78 is 0. The molecule has 156 valence electrons. The van der Waals surface area contributed by atoms with Gasteiger partial charge < -0.3 is 15.0 Å². The number of aliphatic carboxylic acids is 1. The molecule has 0 unspecified atom stereocenters. The second-order valence-electron chi connectivity index (χ2n) is 10.7. The molecule has 0 saturated heterocycles. The van der Waals surface area contributed by atoms with Crippen LogP contribution in [0.3, 0.4) is 0 Å². The van der Waals surface area contributed by atoms with Crippen LogP contribution in [0.15, 0.2) is 11.6 Å². The van der Waals surface area contributed by atoms with Crippen LogP contribution in [0.1, 0.15) is 78.6 Å². The van der Waals surface area contributed by atoms with E-state index in [1.54, 1.807) is 0 Å². The number of hydrogen-bond acceptors (Lipinski definition) is 4. The van der Waals surface area contributed by atoms with E-state index in [9.17, 15) is 19.8 Å². The number of ketones is 1. The zero-order valence-electron chi connectivity index (χ0n) is 17.6. The van der Waals surface area contributed by atoms with Crippen LogP contribution >= 0.6 is 0 Å². The van der Waals surface area contributed by atoms with Crippen molar-refractivity contribution in [3.05, 3.63) is 11.6 Å². The SMILES string of the molecule is C[C@@H](CCC(=O)[O-])[C@@H]1CC[C@H]2[C@H]3CC[C@H]4C[C@H](O)CC[C@]4(C)C3=CC(=O)[C@]12C. The molecule has 4 nitrogen and oxygen atoms in total. The van der Waals surface area contributed by atoms with Crippen molar-refractivity contribution >= 4 is 11.8 Å². The molecular formula is C24H35O4-. The first kappa shape index (κ1) is 20.1. The first-order valence-electron chi connectivity index (χ1n) is 11.3. The summed E-state index contributed by atoms with van der Waals surface area (Å²) in [6, 6.07) is 0. The fourth-order valence-corrected chi connectivity index (χ4v) is 7.78. The Morgan fingerprint density at radius 2 is 2.00 bits per heavy atom. The first-order chi connectivity index (χ1) is 13.2. The Labute approximate surface area is 168 Å². The Kier molecular flexibility index (Phi) is 5.01. The van der Waals surface area contributed by atoms with Gasteiger partial charge in [-0.3, -0.25) is 4.79 Å². The van der Waals surface area contributed by atoms with Crippen molar-refractivity contribution in [1.82, 2.24) is 0 Å². The molecule has 1 N–H and O–H groups in total. The minimum atomic E-state index is -0.991. The maximum absolute atomic E-state index is 13.5. The fraction of sp³-hybridized carbons (Fsp3) is 0.833. The number of hydrogen-bond donors (Lipinski definition) is 1. The van der Waals surface area contributed by atoms with Crippen molar-refractivity contribution < 1.29 is 19.8 Å². The third-order valence-corrected chi connectivity index (χ3v) is 9.46. The van der Waals surface area contributed by atoms with Gasteiger partial charge in [0, 0.05) is 11.4 Å². The fourth-order valence-electron chi connectivity index (χ4n) is 7.78. The average Bonchev–Trinajstić information content (AvgIpc) is 3.00. The molecule has 3 fully saturated rings. The number of fused-ring (bicyclic) bond motifs is 5. The van der Waals surface area contributed by atoms with Gasteiger partial charge in [-0.2, -0.15) is 0 Å². The van der Waals surface area contributed by atoms with Gasteiger partial charge in [-0.05, 0) is 98.9 Å². The molecule has 0 spiro atoms. The van der Waals surface area contributed by atoms with Crippen LogP contribution in [0.5, 0.6) is 0 Å². The molecule has 4 aliphatic carbocycles. The smallest absolute Gasteiger partial charge is 0.162 e. The van der Waals surface area contributed by atoms with Crippen LogP contribution in [0.25, 0.3) is 0 Å². The average molecular weight is 388 g/mol. The summed E-state index contributed by atoms with van der Waals surface area (Å²) in [5, 5.41) is 21.1. The van der Waals surface area contributed by atoms with Crippen LogP contribution in [-0.2, 0) is 9.59 Å². The zero-order valence-corrected chi connectivity index (χ0v) is 17.6. The second-order valence-corrected chi connectivity index (χ2v) is 10.7. The lowest BCUT2D eigenvalue weighted by molar-refractivity contribution is -0.306. The molecule has 28 heavy (non-hydrogen) atoms. The van der Waals surface area contributed by atoms with E-state index in [2.05, 4.69) is 20.8 Å². The summed E-state index contributed by atoms with van der Waals surface area (Å²) in [6.45, 7) is 6.63. The number of rotatable bonds is 4. The molecule has 0 radical (unpaired) electrons. The lowest BCUT2D eigenvalue weighted by Gasteiger charge is -2.56. The van der Waals surface area contributed by atoms with Crippen LogP contribution in [0.2, 0.25) is 0 Å². The van der Waals surface area contributed by atoms with Gasteiger partial charge in [0.05, 0.1) is 6.10 Å². The molecule has 0 aromatic carbocycles. The topological polar surface area (TPSA) is 77.4 Å². The Morgan fingerprint density at radius 3 is 2.71 bits per heavy atom. The lowest BCUT2D eigenvalue weighted by atomic mass is 9.48. The van der Waals surface area contributed by atoms with Gasteiger partial charge in [0.25, 0.3) is 0 Å². The Morgan fingerprint density at radius 1 is 1.25 bits per heavy atom. The zero-order chi connectivity index (χ0) is 20.3. The Hall–Kier alpha value is -1.16. The van der Waals surface area contributed by atoms with Crippen LogP contribution < -0.4 is 5.11 Å². The maximum atomic E-state index is 13.5. The van der Waals surface area contributed by atoms with Gasteiger partial charge in [0.2, 0.25) is 0 Å². The van der Waals surface area contributed by atoms with E-state index in [0.717, 1.165) is 44.9 Å². The molecule has 0 aliphatic heterocycles. The van der Waals surface area contributed by atoms with Gasteiger partial charge >= 0.3 is 0 Å². The summed E-state index contributed by atoms with van der Waals surface area (Å²) in [5.41, 5.74) is 1.10. The summed E-state index contributed by atoms with van der Waals surface area (Å²) >= 11 is 0. The molecule has 0 bridgehead atoms. The van der Waals surface area contributed by atoms with Crippen molar-refractivity contribution in [3.63, 3.8) is 0 Å². The van der Waals surface area contributed by atoms with Crippen molar-refractivity contribution in [2.45, 2.75) is 84.7 Å². The molecule has 0 amide bonds. The van der Waals surface area contributed by atoms with E-state index in [0.29, 0.717) is 24.2 Å². The van der Waals surface area contributed by atoms with E-state index in [1.807, 2.05) is 6.08 Å². The lowest BCUT2D eigenvalue weighted by Crippen LogP contribution is -2.52. The summed E-state index contributed by atoms with van der Waals surface area (Å²) in [5.74, 6) is 1.14. The number of carbonyl (C=O) groups excluding carboxylic acids is 2. The van der Waals surface area contributed by atoms with Crippen molar-refractivity contribution in [2.24, 2.45) is 40.4 Å². The van der Waals surface area contributed by atoms with E-state index in [-0.39, 0.29) is 41.0 Å². The monoisotopic (exact) mass is 387 g/mol. The van der Waals surface area contributed by atoms with E-state index in [4.69, 9.17) is 0 Å². The van der Waals surface area contributed by atoms with Crippen LogP contribution in [0, 0.1) is 40.4 Å². The van der Waals surface area contributed by atoms with E-state index in [1.165, 1.54) is 5.57 Å². The van der Waals surface area contributed by atoms with Crippen LogP contribution in [-0.4, -0.2) is 23.0 Å². The molecule has 4 heteroatoms. The molecule has 8 atom stereocenters. The van der Waals surface area contributed by atoms with Gasteiger partial charge in [0.1, 0.15) is 0 Å². The molecule has 0 aromatic heterocycles. The summed E-state index contributed by atoms with van der Waals surface area (Å²) in [7, 11) is 0. The third kappa shape index (κ3) is 2.89. The number of aliphatic hydroxyl groups excluding tert-OH is 1. The normalized spacial score (nSPS) is 46.2. The van der Waals surface area contributed by atoms with Crippen molar-refractivity contribution in [3.8, 4) is 0 Å². The molecule has 4 rings (SSSR count). The largest absolute Gasteiger partial charge is 0.550 e. The second kappa shape index (κ2) is 6.97. The first-order valence-corrected chi connectivity index (χ1v) is 11.3. The highest BCUT2D eigenvalue weighted by Gasteiger charge is 2.60. The number of allylic oxidation sites excluding steroid dienone is 2. The third-order valence-electron chi connectivity index (χ3n) is 9.46. The molecule has 0 heterocycles. The quantitative estimate of drug-likeness (QED) is 0.803. The predicted molar refractivity (Wildman–Crippen MR) is 105 cm³/mol. The van der Waals surface area contributed by atoms with Crippen LogP contribution in [0.4, 0.5) is 0 Å². The minimum absolute atomic E-state index is 0.0673. The predicted octanol–water partition coefficient (Wildman–Crippen LogP) is 3.27. The van der Waals surface area contributed by atoms with Gasteiger partial charge in [-0.15, -0.1) is 0 Å². The molecule has 4 aliphatic rings. The molecule has 3 saturated carbocycles. The number of carbonyl (C=O) groups is 2. The minimum Gasteiger partial charge on any atom is -0.550 e. The van der Waals surface area contributed by atoms with E-state index < -0.39 is 5.97 Å². The van der Waals surface area contributed by atoms with Gasteiger partial charge in [-0.1, -0.05) is 26.3 Å². The highest BCUT2D eigenvalue weighted by Crippen LogP contribution is 2.65. The summed E-state index contributed by atoms with van der Waals surface area (Å²) in [4.78, 5) is 24.5. The standard InChI is InChI=1S/C24H36O4/c1-14(4-9-22(27)28)18-7-8-19-17-6-5-15-12-16(25)10-11-23(15,2)20(17)13-21(26)24(18,19)3/h13-19,25H,4-12H2,1-3H3,(H,27,28)/p-1/t14-,15-,16+,17+,18-,19-,23-,24+/m0/s1. The van der Waals surface area contributed by atoms with Gasteiger partial charge in [0.15, 0.2) is 5.78 Å². The van der Waals surface area contributed by atoms with Gasteiger partial charge in [-0.25, -0.2) is 0 Å². The summed E-state index contributed by atoms with van der Waals surface area (Å²) in [6.07, 6.45) is 9.61. The Balaban J connectivity index is 1.63. The highest BCUT2D eigenvalue weighted by molar-refractivity contribution is 5.97. The number of aliphatic hydroxyl groups is 1. The van der Waals surface area contributed by atoms with Crippen molar-refractivity contribution in [1.29, 1.82) is 0 Å². The number of carboxylic acids is 1. The molecule has 0 aromatic rings. The highest BCUT2D eigenvalue weighted by atomic mass is 16.4. The Bertz CT molecular complexity index is 697. The maximum Gasteiger partial charge on any atom is 0.162 e. The van der Waals surface area contributed by atoms with E-state index >= 15 is 0 Å².